The van der Waals surface area contributed by atoms with Crippen LogP contribution < -0.4 is 5.32 Å². The van der Waals surface area contributed by atoms with E-state index in [1.54, 1.807) is 0 Å². The molecule has 0 saturated carbocycles. The van der Waals surface area contributed by atoms with Crippen LogP contribution in [0.15, 0.2) is 36.7 Å². The first kappa shape index (κ1) is 20.1. The maximum Gasteiger partial charge on any atom is 0.416 e. The maximum absolute atomic E-state index is 12.6. The average molecular weight is 408 g/mol. The number of carbonyl (C=O) groups is 2. The van der Waals surface area contributed by atoms with Gasteiger partial charge in [0.15, 0.2) is 11.3 Å². The number of carboxylic acids is 1. The Morgan fingerprint density at radius 3 is 2.45 bits per heavy atom. The minimum absolute atomic E-state index is 0.267. The molecule has 0 atom stereocenters. The van der Waals surface area contributed by atoms with Crippen LogP contribution in [-0.4, -0.2) is 43.2 Å². The highest BCUT2D eigenvalue weighted by molar-refractivity contribution is 5.97. The molecule has 29 heavy (non-hydrogen) atoms. The number of halogens is 3. The SMILES string of the molecule is O=C(O)CNC(=O)c1c(O)cc(CCc2ccc(C(F)(F)F)cc2)c2ncnn12. The predicted molar refractivity (Wildman–Crippen MR) is 93.5 cm³/mol. The third-order valence-corrected chi connectivity index (χ3v) is 4.18. The first-order valence-electron chi connectivity index (χ1n) is 8.37. The molecule has 0 spiro atoms. The van der Waals surface area contributed by atoms with Gasteiger partial charge in [0.05, 0.1) is 5.56 Å². The molecule has 0 bridgehead atoms. The highest BCUT2D eigenvalue weighted by Gasteiger charge is 2.30. The maximum atomic E-state index is 12.6. The molecular weight excluding hydrogens is 393 g/mol. The van der Waals surface area contributed by atoms with Crippen LogP contribution in [0, 0.1) is 0 Å². The van der Waals surface area contributed by atoms with Crippen molar-refractivity contribution in [1.82, 2.24) is 19.9 Å². The second kappa shape index (κ2) is 7.78. The Balaban J connectivity index is 1.82. The third-order valence-electron chi connectivity index (χ3n) is 4.18. The van der Waals surface area contributed by atoms with E-state index in [2.05, 4.69) is 15.4 Å². The van der Waals surface area contributed by atoms with E-state index in [4.69, 9.17) is 5.11 Å². The molecule has 8 nitrogen and oxygen atoms in total. The van der Waals surface area contributed by atoms with E-state index in [1.165, 1.54) is 24.5 Å². The van der Waals surface area contributed by atoms with Crippen molar-refractivity contribution in [3.05, 3.63) is 59.0 Å². The first-order chi connectivity index (χ1) is 13.7. The summed E-state index contributed by atoms with van der Waals surface area (Å²) in [5.74, 6) is -2.51. The van der Waals surface area contributed by atoms with Gasteiger partial charge in [-0.2, -0.15) is 18.3 Å². The molecule has 0 aliphatic carbocycles. The number of alkyl halides is 3. The van der Waals surface area contributed by atoms with Gasteiger partial charge in [-0.25, -0.2) is 9.50 Å². The summed E-state index contributed by atoms with van der Waals surface area (Å²) < 4.78 is 39.0. The molecule has 11 heteroatoms. The largest absolute Gasteiger partial charge is 0.505 e. The van der Waals surface area contributed by atoms with Gasteiger partial charge in [0.25, 0.3) is 5.91 Å². The topological polar surface area (TPSA) is 117 Å². The molecule has 1 amide bonds. The van der Waals surface area contributed by atoms with Crippen molar-refractivity contribution in [3.63, 3.8) is 0 Å². The Hall–Kier alpha value is -3.63. The lowest BCUT2D eigenvalue weighted by Gasteiger charge is -2.11. The zero-order valence-corrected chi connectivity index (χ0v) is 14.8. The van der Waals surface area contributed by atoms with Crippen LogP contribution in [0.3, 0.4) is 0 Å². The zero-order valence-electron chi connectivity index (χ0n) is 14.8. The molecular formula is C18H15F3N4O4. The van der Waals surface area contributed by atoms with Crippen LogP contribution in [0.25, 0.3) is 5.65 Å². The lowest BCUT2D eigenvalue weighted by atomic mass is 10.0. The first-order valence-corrected chi connectivity index (χ1v) is 8.37. The van der Waals surface area contributed by atoms with Crippen molar-refractivity contribution < 1.29 is 33.0 Å². The molecule has 0 aliphatic heterocycles. The zero-order chi connectivity index (χ0) is 21.2. The molecule has 3 rings (SSSR count). The van der Waals surface area contributed by atoms with Crippen molar-refractivity contribution in [2.75, 3.05) is 6.54 Å². The van der Waals surface area contributed by atoms with Crippen LogP contribution in [0.5, 0.6) is 5.75 Å². The van der Waals surface area contributed by atoms with Crippen molar-refractivity contribution in [2.24, 2.45) is 0 Å². The molecule has 0 saturated heterocycles. The quantitative estimate of drug-likeness (QED) is 0.575. The molecule has 1 aromatic carbocycles. The van der Waals surface area contributed by atoms with Crippen LogP contribution in [0.4, 0.5) is 13.2 Å². The van der Waals surface area contributed by atoms with E-state index < -0.39 is 35.9 Å². The normalized spacial score (nSPS) is 11.6. The number of pyridine rings is 1. The van der Waals surface area contributed by atoms with Crippen molar-refractivity contribution in [2.45, 2.75) is 19.0 Å². The Bertz CT molecular complexity index is 1060. The number of aromatic nitrogens is 3. The van der Waals surface area contributed by atoms with Gasteiger partial charge in [-0.05, 0) is 36.6 Å². The summed E-state index contributed by atoms with van der Waals surface area (Å²) in [6.45, 7) is -0.635. The summed E-state index contributed by atoms with van der Waals surface area (Å²) >= 11 is 0. The smallest absolute Gasteiger partial charge is 0.416 e. The van der Waals surface area contributed by atoms with Crippen molar-refractivity contribution >= 4 is 17.5 Å². The number of nitrogens with one attached hydrogen (secondary N) is 1. The number of benzene rings is 1. The van der Waals surface area contributed by atoms with E-state index in [0.29, 0.717) is 24.0 Å². The number of hydrogen-bond acceptors (Lipinski definition) is 5. The Morgan fingerprint density at radius 2 is 1.83 bits per heavy atom. The number of aromatic hydroxyl groups is 1. The lowest BCUT2D eigenvalue weighted by Crippen LogP contribution is -2.31. The van der Waals surface area contributed by atoms with Crippen LogP contribution in [0.2, 0.25) is 0 Å². The summed E-state index contributed by atoms with van der Waals surface area (Å²) in [5.41, 5.74) is 0.441. The number of nitrogens with zero attached hydrogens (tertiary/aromatic N) is 3. The highest BCUT2D eigenvalue weighted by Crippen LogP contribution is 2.29. The van der Waals surface area contributed by atoms with Gasteiger partial charge in [0.1, 0.15) is 18.6 Å². The minimum atomic E-state index is -4.41. The van der Waals surface area contributed by atoms with Gasteiger partial charge in [0, 0.05) is 5.56 Å². The Kier molecular flexibility index (Phi) is 5.39. The molecule has 3 N–H and O–H groups in total. The van der Waals surface area contributed by atoms with Crippen LogP contribution in [-0.2, 0) is 23.8 Å². The van der Waals surface area contributed by atoms with Gasteiger partial charge in [-0.1, -0.05) is 12.1 Å². The second-order valence-electron chi connectivity index (χ2n) is 6.17. The fourth-order valence-corrected chi connectivity index (χ4v) is 2.81. The van der Waals surface area contributed by atoms with Gasteiger partial charge in [-0.3, -0.25) is 9.59 Å². The summed E-state index contributed by atoms with van der Waals surface area (Å²) in [5, 5.41) is 24.9. The van der Waals surface area contributed by atoms with Gasteiger partial charge >= 0.3 is 12.1 Å². The number of carboxylic acid groups (broad SMARTS) is 1. The standard InChI is InChI=1S/C18H15F3N4O4/c19-18(20,21)12-5-2-10(3-6-12)1-4-11-7-13(26)15(17(29)22-8-14(27)28)25-16(11)23-9-24-25/h2-3,5-7,9,26H,1,4,8H2,(H,22,29)(H,27,28). The van der Waals surface area contributed by atoms with Crippen LogP contribution >= 0.6 is 0 Å². The van der Waals surface area contributed by atoms with Crippen molar-refractivity contribution in [1.29, 1.82) is 0 Å². The number of amides is 1. The molecule has 152 valence electrons. The highest BCUT2D eigenvalue weighted by atomic mass is 19.4. The van der Waals surface area contributed by atoms with E-state index in [-0.39, 0.29) is 11.3 Å². The molecule has 2 aromatic heterocycles. The molecule has 0 aliphatic rings. The van der Waals surface area contributed by atoms with Gasteiger partial charge in [-0.15, -0.1) is 0 Å². The molecule has 2 heterocycles. The molecule has 3 aromatic rings. The molecule has 0 fully saturated rings. The number of aryl methyl sites for hydroxylation is 2. The Morgan fingerprint density at radius 1 is 1.14 bits per heavy atom. The van der Waals surface area contributed by atoms with Gasteiger partial charge in [0.2, 0.25) is 0 Å². The minimum Gasteiger partial charge on any atom is -0.505 e. The fraction of sp³-hybridized carbons (Fsp3) is 0.222. The van der Waals surface area contributed by atoms with Gasteiger partial charge < -0.3 is 15.5 Å². The number of carbonyl (C=O) groups excluding carboxylic acids is 1. The predicted octanol–water partition coefficient (Wildman–Crippen LogP) is 2.05. The van der Waals surface area contributed by atoms with Crippen LogP contribution in [0.1, 0.15) is 27.2 Å². The summed E-state index contributed by atoms with van der Waals surface area (Å²) in [4.78, 5) is 26.8. The lowest BCUT2D eigenvalue weighted by molar-refractivity contribution is -0.138. The van der Waals surface area contributed by atoms with E-state index in [1.807, 2.05) is 0 Å². The second-order valence-corrected chi connectivity index (χ2v) is 6.17. The van der Waals surface area contributed by atoms with E-state index >= 15 is 0 Å². The monoisotopic (exact) mass is 408 g/mol. The average Bonchev–Trinajstić information content (AvgIpc) is 3.13. The number of rotatable bonds is 6. The van der Waals surface area contributed by atoms with Crippen molar-refractivity contribution in [3.8, 4) is 5.75 Å². The van der Waals surface area contributed by atoms with E-state index in [0.717, 1.165) is 16.6 Å². The number of fused-ring (bicyclic) bond motifs is 1. The number of aliphatic carboxylic acids is 1. The molecule has 0 radical (unpaired) electrons. The Labute approximate surface area is 161 Å². The van der Waals surface area contributed by atoms with E-state index in [9.17, 15) is 27.9 Å². The summed E-state index contributed by atoms with van der Waals surface area (Å²) in [6, 6.07) is 6.04. The third kappa shape index (κ3) is 4.45. The summed E-state index contributed by atoms with van der Waals surface area (Å²) in [6.07, 6.45) is -2.55. The summed E-state index contributed by atoms with van der Waals surface area (Å²) in [7, 11) is 0. The number of hydrogen-bond donors (Lipinski definition) is 3. The molecule has 0 unspecified atom stereocenters. The fourth-order valence-electron chi connectivity index (χ4n) is 2.81.